The third kappa shape index (κ3) is 6.93. The molecule has 0 aromatic rings. The van der Waals surface area contributed by atoms with Crippen molar-refractivity contribution in [2.24, 2.45) is 11.7 Å². The van der Waals surface area contributed by atoms with Gasteiger partial charge in [0, 0.05) is 26.2 Å². The Hall–Kier alpha value is -0.650. The summed E-state index contributed by atoms with van der Waals surface area (Å²) in [5.41, 5.74) is 5.68. The number of nitrogens with two attached hydrogens (primary N) is 1. The van der Waals surface area contributed by atoms with Gasteiger partial charge in [-0.05, 0) is 26.7 Å². The van der Waals surface area contributed by atoms with Crippen LogP contribution >= 0.6 is 0 Å². The zero-order valence-corrected chi connectivity index (χ0v) is 12.2. The van der Waals surface area contributed by atoms with Crippen LogP contribution in [0.5, 0.6) is 0 Å². The number of hydrogen-bond donors (Lipinski definition) is 2. The zero-order valence-electron chi connectivity index (χ0n) is 12.2. The van der Waals surface area contributed by atoms with Gasteiger partial charge in [0.15, 0.2) is 6.29 Å². The first-order valence-electron chi connectivity index (χ1n) is 6.53. The number of methoxy groups -OCH3 is 2. The molecule has 0 aromatic heterocycles. The summed E-state index contributed by atoms with van der Waals surface area (Å²) < 4.78 is 10.2. The molecule has 108 valence electrons. The quantitative estimate of drug-likeness (QED) is 0.612. The minimum Gasteiger partial charge on any atom is -0.354 e. The van der Waals surface area contributed by atoms with Crippen LogP contribution < -0.4 is 11.1 Å². The Balaban J connectivity index is 3.99. The van der Waals surface area contributed by atoms with E-state index in [0.29, 0.717) is 0 Å². The van der Waals surface area contributed by atoms with Gasteiger partial charge >= 0.3 is 0 Å². The third-order valence-electron chi connectivity index (χ3n) is 2.99. The molecule has 3 N–H and O–H groups in total. The van der Waals surface area contributed by atoms with Crippen molar-refractivity contribution in [3.05, 3.63) is 0 Å². The Bertz CT molecular complexity index is 230. The van der Waals surface area contributed by atoms with Gasteiger partial charge in [0.2, 0.25) is 5.91 Å². The predicted octanol–water partition coefficient (Wildman–Crippen LogP) is 1.26. The molecule has 0 saturated heterocycles. The number of carbonyl (C=O) groups is 1. The van der Waals surface area contributed by atoms with Gasteiger partial charge in [-0.2, -0.15) is 0 Å². The lowest BCUT2D eigenvalue weighted by atomic mass is 10.0. The maximum Gasteiger partial charge on any atom is 0.223 e. The molecular weight excluding hydrogens is 232 g/mol. The number of carbonyl (C=O) groups excluding carboxylic acids is 1. The smallest absolute Gasteiger partial charge is 0.223 e. The molecule has 0 aromatic carbocycles. The van der Waals surface area contributed by atoms with E-state index >= 15 is 0 Å². The van der Waals surface area contributed by atoms with Crippen molar-refractivity contribution in [2.45, 2.75) is 58.4 Å². The first-order chi connectivity index (χ1) is 8.42. The second-order valence-corrected chi connectivity index (χ2v) is 4.95. The minimum absolute atomic E-state index is 0.0134. The average Bonchev–Trinajstić information content (AvgIpc) is 2.29. The second-order valence-electron chi connectivity index (χ2n) is 4.95. The lowest BCUT2D eigenvalue weighted by molar-refractivity contribution is -0.138. The van der Waals surface area contributed by atoms with Crippen molar-refractivity contribution < 1.29 is 14.3 Å². The van der Waals surface area contributed by atoms with E-state index in [2.05, 4.69) is 5.32 Å². The molecule has 0 bridgehead atoms. The van der Waals surface area contributed by atoms with Gasteiger partial charge in [0.05, 0.1) is 6.04 Å². The summed E-state index contributed by atoms with van der Waals surface area (Å²) in [5, 5.41) is 2.90. The van der Waals surface area contributed by atoms with Crippen LogP contribution in [0, 0.1) is 5.92 Å². The van der Waals surface area contributed by atoms with E-state index in [1.165, 1.54) is 0 Å². The molecule has 0 aliphatic rings. The van der Waals surface area contributed by atoms with Crippen LogP contribution in [0.15, 0.2) is 0 Å². The number of rotatable bonds is 9. The lowest BCUT2D eigenvalue weighted by Gasteiger charge is -2.23. The predicted molar refractivity (Wildman–Crippen MR) is 72.1 cm³/mol. The third-order valence-corrected chi connectivity index (χ3v) is 2.99. The molecule has 0 radical (unpaired) electrons. The molecule has 0 aliphatic heterocycles. The Labute approximate surface area is 110 Å². The zero-order chi connectivity index (χ0) is 14.1. The van der Waals surface area contributed by atoms with E-state index in [-0.39, 0.29) is 23.9 Å². The van der Waals surface area contributed by atoms with Crippen LogP contribution in [-0.2, 0) is 14.3 Å². The van der Waals surface area contributed by atoms with Crippen molar-refractivity contribution in [3.8, 4) is 0 Å². The van der Waals surface area contributed by atoms with Gasteiger partial charge in [-0.3, -0.25) is 4.79 Å². The van der Waals surface area contributed by atoms with Crippen LogP contribution in [-0.4, -0.2) is 38.5 Å². The molecule has 3 atom stereocenters. The van der Waals surface area contributed by atoms with Gasteiger partial charge in [-0.15, -0.1) is 0 Å². The van der Waals surface area contributed by atoms with E-state index in [4.69, 9.17) is 15.2 Å². The molecule has 3 unspecified atom stereocenters. The second kappa shape index (κ2) is 9.30. The van der Waals surface area contributed by atoms with Crippen molar-refractivity contribution in [1.29, 1.82) is 0 Å². The standard InChI is InChI=1S/C13H28N2O3/c1-9(7-6-8-10(2)14)12(16)15-11(3)13(17-4)18-5/h9-11,13H,6-8,14H2,1-5H3,(H,15,16). The van der Waals surface area contributed by atoms with Crippen molar-refractivity contribution in [2.75, 3.05) is 14.2 Å². The van der Waals surface area contributed by atoms with Crippen molar-refractivity contribution in [1.82, 2.24) is 5.32 Å². The summed E-state index contributed by atoms with van der Waals surface area (Å²) >= 11 is 0. The van der Waals surface area contributed by atoms with Gasteiger partial charge in [-0.25, -0.2) is 0 Å². The molecule has 5 nitrogen and oxygen atoms in total. The summed E-state index contributed by atoms with van der Waals surface area (Å²) in [5.74, 6) is 0.0202. The van der Waals surface area contributed by atoms with E-state index in [0.717, 1.165) is 19.3 Å². The Morgan fingerprint density at radius 3 is 2.17 bits per heavy atom. The monoisotopic (exact) mass is 260 g/mol. The first kappa shape index (κ1) is 17.4. The fraction of sp³-hybridized carbons (Fsp3) is 0.923. The van der Waals surface area contributed by atoms with Crippen LogP contribution in [0.25, 0.3) is 0 Å². The van der Waals surface area contributed by atoms with E-state index in [9.17, 15) is 4.79 Å². The molecule has 0 aliphatic carbocycles. The molecule has 18 heavy (non-hydrogen) atoms. The SMILES string of the molecule is COC(OC)C(C)NC(=O)C(C)CCCC(C)N. The highest BCUT2D eigenvalue weighted by Crippen LogP contribution is 2.10. The summed E-state index contributed by atoms with van der Waals surface area (Å²) in [6.45, 7) is 5.77. The molecule has 0 heterocycles. The number of ether oxygens (including phenoxy) is 2. The van der Waals surface area contributed by atoms with Crippen LogP contribution in [0.1, 0.15) is 40.0 Å². The number of hydrogen-bond acceptors (Lipinski definition) is 4. The van der Waals surface area contributed by atoms with E-state index in [1.54, 1.807) is 14.2 Å². The van der Waals surface area contributed by atoms with Gasteiger partial charge in [0.1, 0.15) is 0 Å². The highest BCUT2D eigenvalue weighted by Gasteiger charge is 2.20. The summed E-state index contributed by atoms with van der Waals surface area (Å²) in [7, 11) is 3.12. The summed E-state index contributed by atoms with van der Waals surface area (Å²) in [6, 6.07) is 0.0360. The fourth-order valence-corrected chi connectivity index (χ4v) is 1.82. The van der Waals surface area contributed by atoms with E-state index in [1.807, 2.05) is 20.8 Å². The average molecular weight is 260 g/mol. The molecule has 0 fully saturated rings. The largest absolute Gasteiger partial charge is 0.354 e. The minimum atomic E-state index is -0.412. The topological polar surface area (TPSA) is 73.6 Å². The number of amides is 1. The Morgan fingerprint density at radius 1 is 1.17 bits per heavy atom. The van der Waals surface area contributed by atoms with Crippen LogP contribution in [0.4, 0.5) is 0 Å². The summed E-state index contributed by atoms with van der Waals surface area (Å²) in [6.07, 6.45) is 2.36. The number of nitrogens with one attached hydrogen (secondary N) is 1. The van der Waals surface area contributed by atoms with Gasteiger partial charge < -0.3 is 20.5 Å². The Morgan fingerprint density at radius 2 is 1.72 bits per heavy atom. The highest BCUT2D eigenvalue weighted by atomic mass is 16.7. The van der Waals surface area contributed by atoms with Gasteiger partial charge in [0.25, 0.3) is 0 Å². The molecule has 0 rings (SSSR count). The maximum absolute atomic E-state index is 11.9. The van der Waals surface area contributed by atoms with Crippen LogP contribution in [0.3, 0.4) is 0 Å². The van der Waals surface area contributed by atoms with Crippen molar-refractivity contribution in [3.63, 3.8) is 0 Å². The fourth-order valence-electron chi connectivity index (χ4n) is 1.82. The van der Waals surface area contributed by atoms with Gasteiger partial charge in [-0.1, -0.05) is 13.3 Å². The maximum atomic E-state index is 11.9. The molecule has 5 heteroatoms. The molecular formula is C13H28N2O3. The van der Waals surface area contributed by atoms with Crippen LogP contribution in [0.2, 0.25) is 0 Å². The molecule has 1 amide bonds. The molecule has 0 spiro atoms. The Kier molecular flexibility index (Phi) is 8.97. The highest BCUT2D eigenvalue weighted by molar-refractivity contribution is 5.78. The first-order valence-corrected chi connectivity index (χ1v) is 6.53. The summed E-state index contributed by atoms with van der Waals surface area (Å²) in [4.78, 5) is 11.9. The normalized spacial score (nSPS) is 16.4. The molecule has 0 saturated carbocycles. The van der Waals surface area contributed by atoms with Crippen molar-refractivity contribution >= 4 is 5.91 Å². The van der Waals surface area contributed by atoms with E-state index < -0.39 is 6.29 Å². The lowest BCUT2D eigenvalue weighted by Crippen LogP contribution is -2.44.